The van der Waals surface area contributed by atoms with Crippen molar-refractivity contribution in [2.75, 3.05) is 19.8 Å². The molecule has 0 aromatic carbocycles. The Kier molecular flexibility index (Phi) is 18.4. The minimum atomic E-state index is -1.48. The summed E-state index contributed by atoms with van der Waals surface area (Å²) in [4.78, 5) is 108. The predicted molar refractivity (Wildman–Crippen MR) is 156 cm³/mol. The normalized spacial score (nSPS) is 15.6. The number of carbonyl (C=O) groups excluding carboxylic acids is 9. The Morgan fingerprint density at radius 2 is 0.604 bits per heavy atom. The third-order valence-electron chi connectivity index (χ3n) is 6.21. The van der Waals surface area contributed by atoms with Gasteiger partial charge in [0.25, 0.3) is 0 Å². The van der Waals surface area contributed by atoms with E-state index in [0.29, 0.717) is 0 Å². The third kappa shape index (κ3) is 16.2. The smallest absolute Gasteiger partial charge is 0.347 e. The van der Waals surface area contributed by atoms with Crippen molar-refractivity contribution in [3.63, 3.8) is 0 Å². The van der Waals surface area contributed by atoms with E-state index in [1.54, 1.807) is 6.92 Å². The minimum absolute atomic E-state index is 0.0355. The topological polar surface area (TPSA) is 237 Å². The quantitative estimate of drug-likeness (QED) is 0.133. The van der Waals surface area contributed by atoms with Crippen LogP contribution < -0.4 is 0 Å². The van der Waals surface area contributed by atoms with Gasteiger partial charge in [0, 0.05) is 20.8 Å². The standard InChI is InChI=1S/C30H44O18/c1-11-30(12-40-24(34)15(2)46-27(37)18(5)43-21(8)31,13-41-25(35)16(3)47-28(38)19(6)44-22(9)32)14-42-26(36)17(4)48-29(39)20(7)45-23(10)33/h15-20H,11-14H2,1-10H3. The van der Waals surface area contributed by atoms with Crippen molar-refractivity contribution in [3.8, 4) is 0 Å². The molecule has 0 aromatic heterocycles. The molecule has 18 nitrogen and oxygen atoms in total. The summed E-state index contributed by atoms with van der Waals surface area (Å²) >= 11 is 0. The van der Waals surface area contributed by atoms with Gasteiger partial charge in [-0.3, -0.25) is 14.4 Å². The first-order valence-electron chi connectivity index (χ1n) is 14.8. The number of rotatable bonds is 19. The molecule has 0 saturated carbocycles. The van der Waals surface area contributed by atoms with Gasteiger partial charge >= 0.3 is 53.7 Å². The molecule has 6 unspecified atom stereocenters. The summed E-state index contributed by atoms with van der Waals surface area (Å²) in [7, 11) is 0. The van der Waals surface area contributed by atoms with Crippen molar-refractivity contribution in [2.45, 2.75) is 112 Å². The molecule has 0 radical (unpaired) electrons. The van der Waals surface area contributed by atoms with Gasteiger partial charge in [-0.2, -0.15) is 0 Å². The van der Waals surface area contributed by atoms with E-state index in [-0.39, 0.29) is 6.42 Å². The van der Waals surface area contributed by atoms with Crippen LogP contribution in [0.5, 0.6) is 0 Å². The highest BCUT2D eigenvalue weighted by Gasteiger charge is 2.37. The maximum Gasteiger partial charge on any atom is 0.347 e. The molecule has 0 rings (SSSR count). The number of ether oxygens (including phenoxy) is 9. The molecule has 0 saturated heterocycles. The molecule has 18 heteroatoms. The zero-order chi connectivity index (χ0) is 37.4. The van der Waals surface area contributed by atoms with Gasteiger partial charge in [0.2, 0.25) is 0 Å². The fraction of sp³-hybridized carbons (Fsp3) is 0.700. The van der Waals surface area contributed by atoms with Gasteiger partial charge < -0.3 is 42.6 Å². The highest BCUT2D eigenvalue weighted by Crippen LogP contribution is 2.25. The molecule has 0 spiro atoms. The molecule has 0 aliphatic heterocycles. The molecule has 0 heterocycles. The number of carbonyl (C=O) groups is 9. The third-order valence-corrected chi connectivity index (χ3v) is 6.21. The van der Waals surface area contributed by atoms with E-state index in [9.17, 15) is 43.2 Å². The van der Waals surface area contributed by atoms with Crippen LogP contribution in [0.3, 0.4) is 0 Å². The van der Waals surface area contributed by atoms with Crippen molar-refractivity contribution in [2.24, 2.45) is 5.41 Å². The summed E-state index contributed by atoms with van der Waals surface area (Å²) in [6.45, 7) is 10.4. The van der Waals surface area contributed by atoms with Crippen LogP contribution in [-0.4, -0.2) is 110 Å². The summed E-state index contributed by atoms with van der Waals surface area (Å²) in [6, 6.07) is 0. The van der Waals surface area contributed by atoms with Crippen LogP contribution in [0, 0.1) is 5.41 Å². The van der Waals surface area contributed by atoms with Gasteiger partial charge in [-0.25, -0.2) is 28.8 Å². The van der Waals surface area contributed by atoms with E-state index in [1.165, 1.54) is 41.5 Å². The number of esters is 9. The fourth-order valence-electron chi connectivity index (χ4n) is 3.30. The van der Waals surface area contributed by atoms with Crippen LogP contribution >= 0.6 is 0 Å². The van der Waals surface area contributed by atoms with Gasteiger partial charge in [-0.05, 0) is 48.0 Å². The van der Waals surface area contributed by atoms with Crippen LogP contribution in [0.2, 0.25) is 0 Å². The van der Waals surface area contributed by atoms with Gasteiger partial charge in [-0.1, -0.05) is 6.92 Å². The first-order chi connectivity index (χ1) is 22.1. The maximum atomic E-state index is 12.7. The molecule has 0 bridgehead atoms. The largest absolute Gasteiger partial charge is 0.462 e. The fourth-order valence-corrected chi connectivity index (χ4v) is 3.30. The van der Waals surface area contributed by atoms with Crippen molar-refractivity contribution in [1.82, 2.24) is 0 Å². The second-order valence-corrected chi connectivity index (χ2v) is 10.7. The van der Waals surface area contributed by atoms with E-state index >= 15 is 0 Å². The van der Waals surface area contributed by atoms with Crippen LogP contribution in [0.25, 0.3) is 0 Å². The molecule has 0 N–H and O–H groups in total. The Morgan fingerprint density at radius 3 is 0.792 bits per heavy atom. The van der Waals surface area contributed by atoms with E-state index in [1.807, 2.05) is 0 Å². The van der Waals surface area contributed by atoms with Crippen molar-refractivity contribution in [1.29, 1.82) is 0 Å². The Bertz CT molecular complexity index is 1050. The van der Waals surface area contributed by atoms with Crippen molar-refractivity contribution < 1.29 is 85.8 Å². The van der Waals surface area contributed by atoms with E-state index < -0.39 is 116 Å². The molecule has 48 heavy (non-hydrogen) atoms. The van der Waals surface area contributed by atoms with Gasteiger partial charge in [-0.15, -0.1) is 0 Å². The zero-order valence-corrected chi connectivity index (χ0v) is 28.6. The Morgan fingerprint density at radius 1 is 0.396 bits per heavy atom. The summed E-state index contributed by atoms with van der Waals surface area (Å²) in [5, 5.41) is 0. The Balaban J connectivity index is 5.75. The average molecular weight is 693 g/mol. The van der Waals surface area contributed by atoms with Crippen LogP contribution in [0.15, 0.2) is 0 Å². The lowest BCUT2D eigenvalue weighted by atomic mass is 9.88. The van der Waals surface area contributed by atoms with Crippen molar-refractivity contribution >= 4 is 53.7 Å². The second-order valence-electron chi connectivity index (χ2n) is 10.7. The lowest BCUT2D eigenvalue weighted by molar-refractivity contribution is -0.185. The molecule has 0 aromatic rings. The number of hydrogen-bond acceptors (Lipinski definition) is 18. The lowest BCUT2D eigenvalue weighted by Gasteiger charge is -2.32. The van der Waals surface area contributed by atoms with Crippen LogP contribution in [0.1, 0.15) is 75.7 Å². The molecule has 0 aliphatic rings. The second kappa shape index (κ2) is 20.5. The number of hydrogen-bond donors (Lipinski definition) is 0. The summed E-state index contributed by atoms with van der Waals surface area (Å²) in [6.07, 6.45) is -8.34. The summed E-state index contributed by atoms with van der Waals surface area (Å²) in [5.74, 6) is -8.52. The Hall–Kier alpha value is -4.77. The first kappa shape index (κ1) is 43.2. The molecule has 0 amide bonds. The summed E-state index contributed by atoms with van der Waals surface area (Å²) in [5.41, 5.74) is -1.45. The van der Waals surface area contributed by atoms with E-state index in [4.69, 9.17) is 42.6 Å². The molecule has 0 aliphatic carbocycles. The van der Waals surface area contributed by atoms with E-state index in [0.717, 1.165) is 20.8 Å². The molecule has 6 atom stereocenters. The van der Waals surface area contributed by atoms with Gasteiger partial charge in [0.1, 0.15) is 19.8 Å². The summed E-state index contributed by atoms with van der Waals surface area (Å²) < 4.78 is 44.9. The average Bonchev–Trinajstić information content (AvgIpc) is 2.98. The van der Waals surface area contributed by atoms with E-state index in [2.05, 4.69) is 0 Å². The van der Waals surface area contributed by atoms with Gasteiger partial charge in [0.15, 0.2) is 36.6 Å². The monoisotopic (exact) mass is 692 g/mol. The predicted octanol–water partition coefficient (Wildman–Crippen LogP) is 0.662. The molecule has 272 valence electrons. The highest BCUT2D eigenvalue weighted by molar-refractivity contribution is 5.84. The van der Waals surface area contributed by atoms with Gasteiger partial charge in [0.05, 0.1) is 5.41 Å². The maximum absolute atomic E-state index is 12.7. The first-order valence-corrected chi connectivity index (χ1v) is 14.8. The SMILES string of the molecule is CCC(COC(=O)C(C)OC(=O)C(C)OC(C)=O)(COC(=O)C(C)OC(=O)C(C)OC(C)=O)COC(=O)C(C)OC(=O)C(C)OC(C)=O. The molecule has 0 fully saturated rings. The molecular formula is C30H44O18. The zero-order valence-electron chi connectivity index (χ0n) is 28.6. The highest BCUT2D eigenvalue weighted by atomic mass is 16.6. The van der Waals surface area contributed by atoms with Crippen molar-refractivity contribution in [3.05, 3.63) is 0 Å². The van der Waals surface area contributed by atoms with Crippen LogP contribution in [-0.2, 0) is 85.8 Å². The minimum Gasteiger partial charge on any atom is -0.462 e. The Labute approximate surface area is 277 Å². The van der Waals surface area contributed by atoms with Crippen LogP contribution in [0.4, 0.5) is 0 Å². The lowest BCUT2D eigenvalue weighted by Crippen LogP contribution is -2.43. The molecular weight excluding hydrogens is 648 g/mol.